The van der Waals surface area contributed by atoms with Gasteiger partial charge >= 0.3 is 0 Å². The number of unbranched alkanes of at least 4 members (excludes halogenated alkanes) is 1. The summed E-state index contributed by atoms with van der Waals surface area (Å²) in [5, 5.41) is 0. The minimum absolute atomic E-state index is 0.146. The summed E-state index contributed by atoms with van der Waals surface area (Å²) in [5.74, 6) is 1.88. The Morgan fingerprint density at radius 1 is 1.05 bits per heavy atom. The highest BCUT2D eigenvalue weighted by Gasteiger charge is 2.26. The largest absolute Gasteiger partial charge is 0.493 e. The van der Waals surface area contributed by atoms with E-state index in [-0.39, 0.29) is 5.92 Å². The zero-order valence-electron chi connectivity index (χ0n) is 12.2. The summed E-state index contributed by atoms with van der Waals surface area (Å²) in [6, 6.07) is 16.2. The van der Waals surface area contributed by atoms with Crippen molar-refractivity contribution in [1.82, 2.24) is 0 Å². The second-order valence-electron chi connectivity index (χ2n) is 5.20. The third-order valence-corrected chi connectivity index (χ3v) is 3.73. The number of rotatable bonds is 5. The Morgan fingerprint density at radius 3 is 2.67 bits per heavy atom. The molecule has 1 aliphatic rings. The fraction of sp³-hybridized carbons (Fsp3) is 0.333. The quantitative estimate of drug-likeness (QED) is 0.604. The van der Waals surface area contributed by atoms with E-state index < -0.39 is 0 Å². The summed E-state index contributed by atoms with van der Waals surface area (Å²) < 4.78 is 5.95. The van der Waals surface area contributed by atoms with Gasteiger partial charge in [0.15, 0.2) is 5.75 Å². The lowest BCUT2D eigenvalue weighted by Gasteiger charge is -2.26. The second kappa shape index (κ2) is 6.64. The predicted molar refractivity (Wildman–Crippen MR) is 81.7 cm³/mol. The highest BCUT2D eigenvalue weighted by atomic mass is 17.2. The van der Waals surface area contributed by atoms with Gasteiger partial charge in [-0.05, 0) is 18.6 Å². The van der Waals surface area contributed by atoms with Gasteiger partial charge in [0.25, 0.3) is 0 Å². The van der Waals surface area contributed by atoms with E-state index in [0.717, 1.165) is 42.1 Å². The zero-order valence-corrected chi connectivity index (χ0v) is 12.2. The van der Waals surface area contributed by atoms with Crippen LogP contribution in [-0.2, 0) is 4.89 Å². The average Bonchev–Trinajstić information content (AvgIpc) is 2.55. The minimum Gasteiger partial charge on any atom is -0.493 e. The maximum absolute atomic E-state index is 5.95. The van der Waals surface area contributed by atoms with Gasteiger partial charge in [-0.15, -0.1) is 0 Å². The molecule has 1 unspecified atom stereocenters. The first kappa shape index (κ1) is 14.0. The normalized spacial score (nSPS) is 16.9. The molecule has 2 aromatic rings. The molecular weight excluding hydrogens is 264 g/mol. The van der Waals surface area contributed by atoms with Crippen molar-refractivity contribution in [2.75, 3.05) is 13.2 Å². The van der Waals surface area contributed by atoms with Gasteiger partial charge in [0.2, 0.25) is 0 Å². The lowest BCUT2D eigenvalue weighted by molar-refractivity contribution is -0.219. The maximum atomic E-state index is 5.95. The highest BCUT2D eigenvalue weighted by Crippen LogP contribution is 2.39. The molecule has 0 aliphatic carbocycles. The molecule has 0 amide bonds. The van der Waals surface area contributed by atoms with Crippen molar-refractivity contribution in [3.05, 3.63) is 59.7 Å². The van der Waals surface area contributed by atoms with E-state index in [1.165, 1.54) is 0 Å². The topological polar surface area (TPSA) is 27.7 Å². The van der Waals surface area contributed by atoms with Crippen LogP contribution in [0.15, 0.2) is 48.5 Å². The van der Waals surface area contributed by atoms with Crippen molar-refractivity contribution in [3.63, 3.8) is 0 Å². The van der Waals surface area contributed by atoms with Gasteiger partial charge in [0.05, 0.1) is 6.61 Å². The van der Waals surface area contributed by atoms with Crippen LogP contribution in [0.3, 0.4) is 0 Å². The number of hydrogen-bond acceptors (Lipinski definition) is 3. The van der Waals surface area contributed by atoms with Crippen LogP contribution in [0.4, 0.5) is 0 Å². The number of benzene rings is 2. The van der Waals surface area contributed by atoms with Crippen LogP contribution in [0.25, 0.3) is 0 Å². The third-order valence-electron chi connectivity index (χ3n) is 3.73. The van der Waals surface area contributed by atoms with Gasteiger partial charge in [-0.2, -0.15) is 4.89 Å². The summed E-state index contributed by atoms with van der Waals surface area (Å²) in [6.07, 6.45) is 2.20. The Bertz CT molecular complexity index is 595. The van der Waals surface area contributed by atoms with E-state index in [1.807, 2.05) is 36.4 Å². The van der Waals surface area contributed by atoms with Crippen molar-refractivity contribution in [3.8, 4) is 11.5 Å². The molecule has 0 bridgehead atoms. The molecule has 2 aromatic carbocycles. The lowest BCUT2D eigenvalue weighted by atomic mass is 9.90. The second-order valence-corrected chi connectivity index (χ2v) is 5.20. The summed E-state index contributed by atoms with van der Waals surface area (Å²) in [4.78, 5) is 10.6. The van der Waals surface area contributed by atoms with E-state index in [2.05, 4.69) is 19.1 Å². The van der Waals surface area contributed by atoms with Gasteiger partial charge in [0, 0.05) is 17.0 Å². The molecule has 3 rings (SSSR count). The first-order chi connectivity index (χ1) is 10.4. The highest BCUT2D eigenvalue weighted by molar-refractivity contribution is 5.47. The zero-order chi connectivity index (χ0) is 14.5. The molecule has 110 valence electrons. The fourth-order valence-electron chi connectivity index (χ4n) is 2.58. The maximum Gasteiger partial charge on any atom is 0.169 e. The van der Waals surface area contributed by atoms with Crippen LogP contribution in [0.2, 0.25) is 0 Å². The predicted octanol–water partition coefficient (Wildman–Crippen LogP) is 4.32. The molecule has 0 spiro atoms. The van der Waals surface area contributed by atoms with Crippen LogP contribution < -0.4 is 9.62 Å². The van der Waals surface area contributed by atoms with E-state index in [0.29, 0.717) is 6.61 Å². The molecule has 0 saturated carbocycles. The number of fused-ring (bicyclic) bond motifs is 1. The molecule has 0 radical (unpaired) electrons. The number of para-hydroxylation sites is 2. The monoisotopic (exact) mass is 284 g/mol. The summed E-state index contributed by atoms with van der Waals surface area (Å²) in [7, 11) is 0. The van der Waals surface area contributed by atoms with E-state index >= 15 is 0 Å². The first-order valence-electron chi connectivity index (χ1n) is 7.50. The Morgan fingerprint density at radius 2 is 1.81 bits per heavy atom. The van der Waals surface area contributed by atoms with Gasteiger partial charge < -0.3 is 9.62 Å². The van der Waals surface area contributed by atoms with E-state index in [4.69, 9.17) is 14.5 Å². The van der Waals surface area contributed by atoms with E-state index in [1.54, 1.807) is 0 Å². The Labute approximate surface area is 125 Å². The first-order valence-corrected chi connectivity index (χ1v) is 7.50. The van der Waals surface area contributed by atoms with Crippen LogP contribution >= 0.6 is 0 Å². The molecule has 0 N–H and O–H groups in total. The fourth-order valence-corrected chi connectivity index (χ4v) is 2.58. The molecule has 0 aromatic heterocycles. The van der Waals surface area contributed by atoms with Crippen LogP contribution in [0.5, 0.6) is 11.5 Å². The molecule has 1 atom stereocenters. The third kappa shape index (κ3) is 3.03. The molecular formula is C18H20O3. The van der Waals surface area contributed by atoms with Crippen molar-refractivity contribution < 1.29 is 14.5 Å². The Kier molecular flexibility index (Phi) is 4.41. The Balaban J connectivity index is 1.91. The minimum atomic E-state index is 0.146. The molecule has 0 fully saturated rings. The molecule has 0 saturated heterocycles. The number of ether oxygens (including phenoxy) is 1. The van der Waals surface area contributed by atoms with Gasteiger partial charge in [-0.1, -0.05) is 49.7 Å². The van der Waals surface area contributed by atoms with Crippen LogP contribution in [0.1, 0.15) is 36.8 Å². The van der Waals surface area contributed by atoms with Crippen molar-refractivity contribution in [2.45, 2.75) is 25.7 Å². The van der Waals surface area contributed by atoms with Crippen molar-refractivity contribution in [2.24, 2.45) is 0 Å². The van der Waals surface area contributed by atoms with Crippen LogP contribution in [0, 0.1) is 0 Å². The van der Waals surface area contributed by atoms with Crippen LogP contribution in [-0.4, -0.2) is 13.2 Å². The molecule has 21 heavy (non-hydrogen) atoms. The molecule has 3 heteroatoms. The van der Waals surface area contributed by atoms with Crippen molar-refractivity contribution in [1.29, 1.82) is 0 Å². The smallest absolute Gasteiger partial charge is 0.169 e. The molecule has 3 nitrogen and oxygen atoms in total. The molecule has 1 heterocycles. The van der Waals surface area contributed by atoms with E-state index in [9.17, 15) is 0 Å². The molecule has 1 aliphatic heterocycles. The standard InChI is InChI=1S/C18H20O3/c1-2-3-12-19-17-10-6-4-8-14(17)16-13-20-21-18-11-7-5-9-15(16)18/h4-11,16H,2-3,12-13H2,1H3. The van der Waals surface area contributed by atoms with Gasteiger partial charge in [0.1, 0.15) is 12.4 Å². The van der Waals surface area contributed by atoms with Crippen molar-refractivity contribution >= 4 is 0 Å². The average molecular weight is 284 g/mol. The van der Waals surface area contributed by atoms with Gasteiger partial charge in [-0.25, -0.2) is 0 Å². The number of hydrogen-bond donors (Lipinski definition) is 0. The summed E-state index contributed by atoms with van der Waals surface area (Å²) in [5.41, 5.74) is 2.31. The lowest BCUT2D eigenvalue weighted by Crippen LogP contribution is -2.19. The Hall–Kier alpha value is -2.00. The SMILES string of the molecule is CCCCOc1ccccc1C1COOc2ccccc21. The summed E-state index contributed by atoms with van der Waals surface area (Å²) in [6.45, 7) is 3.42. The van der Waals surface area contributed by atoms with Gasteiger partial charge in [-0.3, -0.25) is 0 Å². The summed E-state index contributed by atoms with van der Waals surface area (Å²) >= 11 is 0.